The summed E-state index contributed by atoms with van der Waals surface area (Å²) in [5, 5.41) is 0. The molecule has 1 aromatic heterocycles. The molecule has 2 rings (SSSR count). The standard InChI is InChI=1S/C10H14N2/c11-10-7-6-8-4-2-1-3-5-9(8)12-10/h6-7H,1-5H2,(H2,11,12). The van der Waals surface area contributed by atoms with Crippen LogP contribution in [0.3, 0.4) is 0 Å². The maximum absolute atomic E-state index is 5.62. The molecule has 1 heterocycles. The number of hydrogen-bond acceptors (Lipinski definition) is 2. The van der Waals surface area contributed by atoms with Gasteiger partial charge in [0.05, 0.1) is 0 Å². The van der Waals surface area contributed by atoms with Crippen LogP contribution in [0, 0.1) is 0 Å². The Kier molecular flexibility index (Phi) is 1.98. The molecule has 64 valence electrons. The van der Waals surface area contributed by atoms with Crippen LogP contribution in [0.4, 0.5) is 5.82 Å². The molecule has 2 nitrogen and oxygen atoms in total. The van der Waals surface area contributed by atoms with Crippen molar-refractivity contribution in [1.29, 1.82) is 0 Å². The molecule has 0 atom stereocenters. The van der Waals surface area contributed by atoms with E-state index < -0.39 is 0 Å². The zero-order valence-electron chi connectivity index (χ0n) is 7.21. The Morgan fingerprint density at radius 2 is 1.92 bits per heavy atom. The number of pyridine rings is 1. The highest BCUT2D eigenvalue weighted by Gasteiger charge is 2.08. The third-order valence-electron chi connectivity index (χ3n) is 2.45. The summed E-state index contributed by atoms with van der Waals surface area (Å²) >= 11 is 0. The van der Waals surface area contributed by atoms with Crippen LogP contribution in [0.2, 0.25) is 0 Å². The zero-order chi connectivity index (χ0) is 8.39. The van der Waals surface area contributed by atoms with Crippen LogP contribution in [-0.4, -0.2) is 4.98 Å². The molecule has 0 radical (unpaired) electrons. The van der Waals surface area contributed by atoms with Crippen LogP contribution in [0.25, 0.3) is 0 Å². The molecule has 1 aliphatic rings. The third-order valence-corrected chi connectivity index (χ3v) is 2.45. The van der Waals surface area contributed by atoms with Crippen molar-refractivity contribution in [3.8, 4) is 0 Å². The van der Waals surface area contributed by atoms with E-state index in [0.29, 0.717) is 5.82 Å². The number of fused-ring (bicyclic) bond motifs is 1. The molecule has 0 bridgehead atoms. The van der Waals surface area contributed by atoms with E-state index in [9.17, 15) is 0 Å². The van der Waals surface area contributed by atoms with Crippen molar-refractivity contribution >= 4 is 5.82 Å². The normalized spacial score (nSPS) is 16.7. The maximum atomic E-state index is 5.62. The molecule has 1 aliphatic carbocycles. The molecule has 0 spiro atoms. The largest absolute Gasteiger partial charge is 0.384 e. The number of anilines is 1. The Morgan fingerprint density at radius 1 is 1.08 bits per heavy atom. The van der Waals surface area contributed by atoms with Gasteiger partial charge in [0.25, 0.3) is 0 Å². The lowest BCUT2D eigenvalue weighted by Gasteiger charge is -2.03. The second kappa shape index (κ2) is 3.13. The molecule has 0 unspecified atom stereocenters. The lowest BCUT2D eigenvalue weighted by Crippen LogP contribution is -1.98. The van der Waals surface area contributed by atoms with E-state index in [2.05, 4.69) is 11.1 Å². The Bertz CT molecular complexity index is 281. The van der Waals surface area contributed by atoms with Crippen molar-refractivity contribution in [1.82, 2.24) is 4.98 Å². The minimum Gasteiger partial charge on any atom is -0.384 e. The molecule has 0 fully saturated rings. The van der Waals surface area contributed by atoms with E-state index in [4.69, 9.17) is 5.73 Å². The van der Waals surface area contributed by atoms with Crippen molar-refractivity contribution in [3.05, 3.63) is 23.4 Å². The SMILES string of the molecule is Nc1ccc2c(n1)CCCCC2. The summed E-state index contributed by atoms with van der Waals surface area (Å²) < 4.78 is 0. The van der Waals surface area contributed by atoms with Crippen molar-refractivity contribution in [2.24, 2.45) is 0 Å². The fourth-order valence-electron chi connectivity index (χ4n) is 1.78. The van der Waals surface area contributed by atoms with Gasteiger partial charge in [-0.2, -0.15) is 0 Å². The Morgan fingerprint density at radius 3 is 2.83 bits per heavy atom. The number of rotatable bonds is 0. The highest BCUT2D eigenvalue weighted by atomic mass is 14.8. The highest BCUT2D eigenvalue weighted by Crippen LogP contribution is 2.19. The molecular weight excluding hydrogens is 148 g/mol. The van der Waals surface area contributed by atoms with Crippen molar-refractivity contribution in [2.45, 2.75) is 32.1 Å². The first-order chi connectivity index (χ1) is 5.86. The van der Waals surface area contributed by atoms with Gasteiger partial charge in [0.2, 0.25) is 0 Å². The van der Waals surface area contributed by atoms with E-state index in [0.717, 1.165) is 6.42 Å². The summed E-state index contributed by atoms with van der Waals surface area (Å²) in [6, 6.07) is 4.03. The monoisotopic (exact) mass is 162 g/mol. The van der Waals surface area contributed by atoms with Gasteiger partial charge in [-0.05, 0) is 37.3 Å². The number of aryl methyl sites for hydroxylation is 2. The second-order valence-corrected chi connectivity index (χ2v) is 3.40. The molecule has 0 amide bonds. The molecule has 0 aliphatic heterocycles. The maximum Gasteiger partial charge on any atom is 0.123 e. The van der Waals surface area contributed by atoms with Crippen LogP contribution in [0.1, 0.15) is 30.5 Å². The first-order valence-corrected chi connectivity index (χ1v) is 4.60. The van der Waals surface area contributed by atoms with E-state index in [1.165, 1.54) is 36.9 Å². The number of nitrogens with two attached hydrogens (primary N) is 1. The van der Waals surface area contributed by atoms with Crippen molar-refractivity contribution < 1.29 is 0 Å². The molecule has 12 heavy (non-hydrogen) atoms. The number of aromatic nitrogens is 1. The van der Waals surface area contributed by atoms with Crippen LogP contribution >= 0.6 is 0 Å². The third kappa shape index (κ3) is 1.42. The van der Waals surface area contributed by atoms with E-state index in [1.54, 1.807) is 0 Å². The first kappa shape index (κ1) is 7.59. The van der Waals surface area contributed by atoms with Crippen LogP contribution in [0.5, 0.6) is 0 Å². The zero-order valence-corrected chi connectivity index (χ0v) is 7.21. The summed E-state index contributed by atoms with van der Waals surface area (Å²) in [6.45, 7) is 0. The molecule has 0 aromatic carbocycles. The van der Waals surface area contributed by atoms with Gasteiger partial charge >= 0.3 is 0 Å². The average Bonchev–Trinajstić information content (AvgIpc) is 2.28. The van der Waals surface area contributed by atoms with E-state index >= 15 is 0 Å². The predicted octanol–water partition coefficient (Wildman–Crippen LogP) is 1.93. The molecule has 2 N–H and O–H groups in total. The van der Waals surface area contributed by atoms with Gasteiger partial charge in [-0.15, -0.1) is 0 Å². The Hall–Kier alpha value is -1.05. The van der Waals surface area contributed by atoms with Crippen molar-refractivity contribution in [2.75, 3.05) is 5.73 Å². The van der Waals surface area contributed by atoms with Gasteiger partial charge in [0.15, 0.2) is 0 Å². The molecule has 1 aromatic rings. The van der Waals surface area contributed by atoms with Crippen molar-refractivity contribution in [3.63, 3.8) is 0 Å². The molecule has 2 heteroatoms. The van der Waals surface area contributed by atoms with Gasteiger partial charge in [-0.25, -0.2) is 4.98 Å². The van der Waals surface area contributed by atoms with Gasteiger partial charge < -0.3 is 5.73 Å². The topological polar surface area (TPSA) is 38.9 Å². The Balaban J connectivity index is 2.36. The minimum atomic E-state index is 0.663. The van der Waals surface area contributed by atoms with Gasteiger partial charge in [0, 0.05) is 5.69 Å². The first-order valence-electron chi connectivity index (χ1n) is 4.60. The van der Waals surface area contributed by atoms with Gasteiger partial charge in [0.1, 0.15) is 5.82 Å². The van der Waals surface area contributed by atoms with Gasteiger partial charge in [-0.3, -0.25) is 0 Å². The lowest BCUT2D eigenvalue weighted by molar-refractivity contribution is 0.709. The minimum absolute atomic E-state index is 0.663. The fourth-order valence-corrected chi connectivity index (χ4v) is 1.78. The predicted molar refractivity (Wildman–Crippen MR) is 49.9 cm³/mol. The highest BCUT2D eigenvalue weighted by molar-refractivity contribution is 5.34. The van der Waals surface area contributed by atoms with Crippen LogP contribution in [-0.2, 0) is 12.8 Å². The summed E-state index contributed by atoms with van der Waals surface area (Å²) in [4.78, 5) is 4.35. The smallest absolute Gasteiger partial charge is 0.123 e. The molecular formula is C10H14N2. The quantitative estimate of drug-likeness (QED) is 0.592. The number of nitrogen functional groups attached to an aromatic ring is 1. The summed E-state index contributed by atoms with van der Waals surface area (Å²) in [5.41, 5.74) is 8.26. The fraction of sp³-hybridized carbons (Fsp3) is 0.500. The number of hydrogen-bond donors (Lipinski definition) is 1. The average molecular weight is 162 g/mol. The van der Waals surface area contributed by atoms with Crippen LogP contribution in [0.15, 0.2) is 12.1 Å². The lowest BCUT2D eigenvalue weighted by atomic mass is 10.1. The van der Waals surface area contributed by atoms with Gasteiger partial charge in [-0.1, -0.05) is 12.5 Å². The van der Waals surface area contributed by atoms with Crippen LogP contribution < -0.4 is 5.73 Å². The number of nitrogens with zero attached hydrogens (tertiary/aromatic N) is 1. The molecule has 0 saturated carbocycles. The molecule has 0 saturated heterocycles. The van der Waals surface area contributed by atoms with E-state index in [1.807, 2.05) is 6.07 Å². The summed E-state index contributed by atoms with van der Waals surface area (Å²) in [6.07, 6.45) is 6.20. The Labute approximate surface area is 72.8 Å². The summed E-state index contributed by atoms with van der Waals surface area (Å²) in [7, 11) is 0. The van der Waals surface area contributed by atoms with E-state index in [-0.39, 0.29) is 0 Å². The summed E-state index contributed by atoms with van der Waals surface area (Å²) in [5.74, 6) is 0.663. The second-order valence-electron chi connectivity index (χ2n) is 3.40.